The number of carbonyl (C=O) groups is 2. The van der Waals surface area contributed by atoms with E-state index in [-0.39, 0.29) is 6.04 Å². The summed E-state index contributed by atoms with van der Waals surface area (Å²) in [5.74, 6) is -1.04. The van der Waals surface area contributed by atoms with E-state index in [0.717, 1.165) is 25.7 Å². The first-order chi connectivity index (χ1) is 9.87. The molecule has 0 radical (unpaired) electrons. The van der Waals surface area contributed by atoms with Gasteiger partial charge in [0.2, 0.25) is 0 Å². The predicted molar refractivity (Wildman–Crippen MR) is 82.4 cm³/mol. The van der Waals surface area contributed by atoms with Crippen LogP contribution in [0.5, 0.6) is 0 Å². The van der Waals surface area contributed by atoms with Crippen molar-refractivity contribution in [1.29, 1.82) is 0 Å². The number of carbonyl (C=O) groups excluding carboxylic acids is 1. The van der Waals surface area contributed by atoms with E-state index in [9.17, 15) is 14.7 Å². The van der Waals surface area contributed by atoms with Gasteiger partial charge in [0.05, 0.1) is 0 Å². The minimum Gasteiger partial charge on any atom is -0.479 e. The maximum absolute atomic E-state index is 12.0. The lowest BCUT2D eigenvalue weighted by Gasteiger charge is -2.34. The molecule has 1 atom stereocenters. The van der Waals surface area contributed by atoms with Gasteiger partial charge in [-0.05, 0) is 42.5 Å². The number of rotatable bonds is 4. The molecule has 0 saturated heterocycles. The molecular formula is C15H22N2O3S. The summed E-state index contributed by atoms with van der Waals surface area (Å²) in [6.07, 6.45) is 4.03. The van der Waals surface area contributed by atoms with Gasteiger partial charge in [0.1, 0.15) is 0 Å². The van der Waals surface area contributed by atoms with Crippen molar-refractivity contribution >= 4 is 23.3 Å². The fourth-order valence-electron chi connectivity index (χ4n) is 2.61. The molecule has 1 aliphatic carbocycles. The van der Waals surface area contributed by atoms with Crippen LogP contribution in [-0.2, 0) is 4.79 Å². The summed E-state index contributed by atoms with van der Waals surface area (Å²) in [5, 5.41) is 16.5. The third-order valence-electron chi connectivity index (χ3n) is 4.02. The molecular weight excluding hydrogens is 288 g/mol. The lowest BCUT2D eigenvalue weighted by molar-refractivity contribution is -0.139. The molecule has 1 aromatic heterocycles. The molecule has 5 nitrogen and oxygen atoms in total. The third kappa shape index (κ3) is 4.46. The zero-order chi connectivity index (χ0) is 15.5. The van der Waals surface area contributed by atoms with Crippen LogP contribution in [0.2, 0.25) is 0 Å². The number of aliphatic carboxylic acids is 1. The SMILES string of the molecule is CC1(C)CCC(NC(=O)NC(C(=O)O)c2cccs2)CC1. The molecule has 0 aliphatic heterocycles. The number of nitrogens with one attached hydrogen (secondary N) is 2. The Morgan fingerprint density at radius 2 is 2.05 bits per heavy atom. The van der Waals surface area contributed by atoms with Crippen LogP contribution in [0.4, 0.5) is 4.79 Å². The van der Waals surface area contributed by atoms with E-state index in [4.69, 9.17) is 0 Å². The highest BCUT2D eigenvalue weighted by Gasteiger charge is 2.29. The summed E-state index contributed by atoms with van der Waals surface area (Å²) in [7, 11) is 0. The number of urea groups is 1. The van der Waals surface area contributed by atoms with Gasteiger partial charge in [0.15, 0.2) is 6.04 Å². The van der Waals surface area contributed by atoms with Crippen LogP contribution in [0.1, 0.15) is 50.4 Å². The highest BCUT2D eigenvalue weighted by Crippen LogP contribution is 2.34. The predicted octanol–water partition coefficient (Wildman–Crippen LogP) is 3.14. The van der Waals surface area contributed by atoms with Crippen molar-refractivity contribution in [2.75, 3.05) is 0 Å². The molecule has 116 valence electrons. The van der Waals surface area contributed by atoms with E-state index in [2.05, 4.69) is 24.5 Å². The maximum atomic E-state index is 12.0. The molecule has 0 bridgehead atoms. The van der Waals surface area contributed by atoms with Crippen LogP contribution in [0, 0.1) is 5.41 Å². The summed E-state index contributed by atoms with van der Waals surface area (Å²) < 4.78 is 0. The Hall–Kier alpha value is -1.56. The Morgan fingerprint density at radius 1 is 1.38 bits per heavy atom. The lowest BCUT2D eigenvalue weighted by atomic mass is 9.76. The third-order valence-corrected chi connectivity index (χ3v) is 4.96. The summed E-state index contributed by atoms with van der Waals surface area (Å²) >= 11 is 1.32. The van der Waals surface area contributed by atoms with Crippen molar-refractivity contribution < 1.29 is 14.7 Å². The van der Waals surface area contributed by atoms with Crippen LogP contribution in [0.15, 0.2) is 17.5 Å². The van der Waals surface area contributed by atoms with Gasteiger partial charge in [0, 0.05) is 10.9 Å². The summed E-state index contributed by atoms with van der Waals surface area (Å²) in [6.45, 7) is 4.47. The van der Waals surface area contributed by atoms with Crippen molar-refractivity contribution in [3.8, 4) is 0 Å². The van der Waals surface area contributed by atoms with E-state index < -0.39 is 18.0 Å². The maximum Gasteiger partial charge on any atom is 0.331 e. The number of hydrogen-bond donors (Lipinski definition) is 3. The number of thiophene rings is 1. The van der Waals surface area contributed by atoms with Gasteiger partial charge >= 0.3 is 12.0 Å². The minimum atomic E-state index is -1.04. The molecule has 2 rings (SSSR count). The number of carboxylic acid groups (broad SMARTS) is 1. The zero-order valence-electron chi connectivity index (χ0n) is 12.4. The fourth-order valence-corrected chi connectivity index (χ4v) is 3.38. The van der Waals surface area contributed by atoms with E-state index in [1.54, 1.807) is 17.5 Å². The topological polar surface area (TPSA) is 78.4 Å². The van der Waals surface area contributed by atoms with E-state index in [0.29, 0.717) is 10.3 Å². The molecule has 1 unspecified atom stereocenters. The number of amides is 2. The monoisotopic (exact) mass is 310 g/mol. The van der Waals surface area contributed by atoms with Crippen LogP contribution in [0.25, 0.3) is 0 Å². The summed E-state index contributed by atoms with van der Waals surface area (Å²) in [5.41, 5.74) is 0.342. The standard InChI is InChI=1S/C15H22N2O3S/c1-15(2)7-5-10(6-8-15)16-14(20)17-12(13(18)19)11-4-3-9-21-11/h3-4,9-10,12H,5-8H2,1-2H3,(H,18,19)(H2,16,17,20). The van der Waals surface area contributed by atoms with E-state index in [1.165, 1.54) is 11.3 Å². The summed E-state index contributed by atoms with van der Waals surface area (Å²) in [4.78, 5) is 23.9. The Kier molecular flexibility index (Phi) is 4.88. The Morgan fingerprint density at radius 3 is 2.57 bits per heavy atom. The zero-order valence-corrected chi connectivity index (χ0v) is 13.2. The van der Waals surface area contributed by atoms with E-state index >= 15 is 0 Å². The molecule has 2 amide bonds. The van der Waals surface area contributed by atoms with Crippen LogP contribution >= 0.6 is 11.3 Å². The second kappa shape index (κ2) is 6.47. The van der Waals surface area contributed by atoms with Gasteiger partial charge in [-0.1, -0.05) is 19.9 Å². The quantitative estimate of drug-likeness (QED) is 0.799. The Labute approximate surface area is 128 Å². The van der Waals surface area contributed by atoms with E-state index in [1.807, 2.05) is 0 Å². The molecule has 0 spiro atoms. The van der Waals surface area contributed by atoms with Crippen molar-refractivity contribution in [2.24, 2.45) is 5.41 Å². The molecule has 6 heteroatoms. The lowest BCUT2D eigenvalue weighted by Crippen LogP contribution is -2.46. The van der Waals surface area contributed by atoms with Crippen molar-refractivity contribution in [3.63, 3.8) is 0 Å². The minimum absolute atomic E-state index is 0.135. The fraction of sp³-hybridized carbons (Fsp3) is 0.600. The smallest absolute Gasteiger partial charge is 0.331 e. The molecule has 1 aliphatic rings. The highest BCUT2D eigenvalue weighted by molar-refractivity contribution is 7.10. The number of carboxylic acids is 1. The molecule has 21 heavy (non-hydrogen) atoms. The van der Waals surface area contributed by atoms with Gasteiger partial charge in [0.25, 0.3) is 0 Å². The highest BCUT2D eigenvalue weighted by atomic mass is 32.1. The van der Waals surface area contributed by atoms with Gasteiger partial charge < -0.3 is 15.7 Å². The van der Waals surface area contributed by atoms with Gasteiger partial charge in [-0.15, -0.1) is 11.3 Å². The molecule has 1 saturated carbocycles. The van der Waals surface area contributed by atoms with Gasteiger partial charge in [-0.3, -0.25) is 0 Å². The molecule has 3 N–H and O–H groups in total. The first-order valence-corrected chi connectivity index (χ1v) is 8.08. The molecule has 1 heterocycles. The first-order valence-electron chi connectivity index (χ1n) is 7.21. The van der Waals surface area contributed by atoms with Crippen LogP contribution in [0.3, 0.4) is 0 Å². The molecule has 1 aromatic rings. The van der Waals surface area contributed by atoms with Gasteiger partial charge in [-0.2, -0.15) is 0 Å². The van der Waals surface area contributed by atoms with Crippen LogP contribution in [-0.4, -0.2) is 23.1 Å². The Bertz CT molecular complexity index is 489. The second-order valence-corrected chi connectivity index (χ2v) is 7.32. The number of hydrogen-bond acceptors (Lipinski definition) is 3. The van der Waals surface area contributed by atoms with Crippen molar-refractivity contribution in [3.05, 3.63) is 22.4 Å². The second-order valence-electron chi connectivity index (χ2n) is 6.34. The normalized spacial score (nSPS) is 19.7. The van der Waals surface area contributed by atoms with Crippen LogP contribution < -0.4 is 10.6 Å². The van der Waals surface area contributed by atoms with Crippen molar-refractivity contribution in [1.82, 2.24) is 10.6 Å². The Balaban J connectivity index is 1.87. The first kappa shape index (κ1) is 15.8. The largest absolute Gasteiger partial charge is 0.479 e. The average molecular weight is 310 g/mol. The molecule has 1 fully saturated rings. The van der Waals surface area contributed by atoms with Crippen molar-refractivity contribution in [2.45, 2.75) is 51.6 Å². The summed E-state index contributed by atoms with van der Waals surface area (Å²) in [6, 6.07) is 2.24. The van der Waals surface area contributed by atoms with Gasteiger partial charge in [-0.25, -0.2) is 9.59 Å². The average Bonchev–Trinajstić information content (AvgIpc) is 2.92. The molecule has 0 aromatic carbocycles.